The van der Waals surface area contributed by atoms with Crippen LogP contribution in [-0.4, -0.2) is 48.1 Å². The number of pyridine rings is 1. The topological polar surface area (TPSA) is 83.3 Å². The third-order valence-electron chi connectivity index (χ3n) is 2.74. The molecular weight excluding hydrogens is 270 g/mol. The number of carbonyl (C=O) groups excluding carboxylic acids is 1. The van der Waals surface area contributed by atoms with E-state index in [1.54, 1.807) is 24.4 Å². The summed E-state index contributed by atoms with van der Waals surface area (Å²) in [4.78, 5) is 18.1. The summed E-state index contributed by atoms with van der Waals surface area (Å²) in [5.41, 5.74) is 1.09. The Hall–Kier alpha value is -2.41. The number of nitrogens with zero attached hydrogens (tertiary/aromatic N) is 3. The van der Waals surface area contributed by atoms with Gasteiger partial charge in [-0.15, -0.1) is 0 Å². The minimum atomic E-state index is -0.197. The van der Waals surface area contributed by atoms with E-state index in [2.05, 4.69) is 20.8 Å². The van der Waals surface area contributed by atoms with E-state index < -0.39 is 0 Å². The lowest BCUT2D eigenvalue weighted by Crippen LogP contribution is -2.31. The maximum atomic E-state index is 12.0. The van der Waals surface area contributed by atoms with Crippen molar-refractivity contribution in [1.29, 1.82) is 0 Å². The molecule has 0 aliphatic heterocycles. The van der Waals surface area contributed by atoms with Crippen LogP contribution in [0.15, 0.2) is 28.9 Å². The van der Waals surface area contributed by atoms with Crippen LogP contribution in [0, 0.1) is 6.92 Å². The van der Waals surface area contributed by atoms with Crippen molar-refractivity contribution >= 4 is 17.4 Å². The average Bonchev–Trinajstić information content (AvgIpc) is 2.84. The number of anilines is 2. The molecule has 0 aliphatic rings. The van der Waals surface area contributed by atoms with Gasteiger partial charge in [0.1, 0.15) is 11.5 Å². The van der Waals surface area contributed by atoms with Crippen molar-refractivity contribution in [2.75, 3.05) is 32.5 Å². The van der Waals surface area contributed by atoms with Gasteiger partial charge in [-0.25, -0.2) is 0 Å². The summed E-state index contributed by atoms with van der Waals surface area (Å²) in [7, 11) is 3.91. The molecule has 0 unspecified atom stereocenters. The van der Waals surface area contributed by atoms with Crippen LogP contribution < -0.4 is 10.6 Å². The first kappa shape index (κ1) is 15.0. The summed E-state index contributed by atoms with van der Waals surface area (Å²) in [6.07, 6.45) is 1.58. The molecule has 2 heterocycles. The van der Waals surface area contributed by atoms with Crippen LogP contribution in [0.3, 0.4) is 0 Å². The Morgan fingerprint density at radius 1 is 1.38 bits per heavy atom. The lowest BCUT2D eigenvalue weighted by molar-refractivity contribution is 0.0946. The maximum absolute atomic E-state index is 12.0. The zero-order chi connectivity index (χ0) is 15.2. The summed E-state index contributed by atoms with van der Waals surface area (Å²) in [6.45, 7) is 3.17. The van der Waals surface area contributed by atoms with Gasteiger partial charge >= 0.3 is 0 Å². The second-order valence-electron chi connectivity index (χ2n) is 4.94. The van der Waals surface area contributed by atoms with Gasteiger partial charge in [-0.2, -0.15) is 0 Å². The average molecular weight is 289 g/mol. The van der Waals surface area contributed by atoms with Crippen LogP contribution in [0.25, 0.3) is 0 Å². The van der Waals surface area contributed by atoms with Gasteiger partial charge in [-0.1, -0.05) is 5.16 Å². The maximum Gasteiger partial charge on any atom is 0.269 e. The predicted octanol–water partition coefficient (Wildman–Crippen LogP) is 1.41. The molecule has 2 N–H and O–H groups in total. The number of aromatic nitrogens is 2. The normalized spacial score (nSPS) is 10.7. The van der Waals surface area contributed by atoms with Crippen LogP contribution in [0.5, 0.6) is 0 Å². The van der Waals surface area contributed by atoms with Gasteiger partial charge in [0.2, 0.25) is 0 Å². The molecular formula is C14H19N5O2. The highest BCUT2D eigenvalue weighted by atomic mass is 16.5. The Labute approximate surface area is 123 Å². The summed E-state index contributed by atoms with van der Waals surface area (Å²) in [6, 6.07) is 5.22. The fraction of sp³-hybridized carbons (Fsp3) is 0.357. The van der Waals surface area contributed by atoms with Gasteiger partial charge in [-0.05, 0) is 33.2 Å². The number of carbonyl (C=O) groups is 1. The molecule has 0 aromatic carbocycles. The molecule has 2 aromatic heterocycles. The molecule has 0 atom stereocenters. The molecule has 1 amide bonds. The molecule has 7 nitrogen and oxygen atoms in total. The number of amides is 1. The smallest absolute Gasteiger partial charge is 0.269 e. The third kappa shape index (κ3) is 4.57. The fourth-order valence-electron chi connectivity index (χ4n) is 1.69. The van der Waals surface area contributed by atoms with Crippen molar-refractivity contribution in [2.24, 2.45) is 0 Å². The van der Waals surface area contributed by atoms with E-state index in [1.807, 2.05) is 25.9 Å². The van der Waals surface area contributed by atoms with Gasteiger partial charge in [0.05, 0.1) is 0 Å². The molecule has 112 valence electrons. The van der Waals surface area contributed by atoms with Crippen molar-refractivity contribution < 1.29 is 9.32 Å². The number of rotatable bonds is 6. The Balaban J connectivity index is 1.98. The molecule has 0 saturated heterocycles. The van der Waals surface area contributed by atoms with E-state index in [1.165, 1.54) is 0 Å². The molecule has 7 heteroatoms. The standard InChI is InChI=1S/C14H19N5O2/c1-10-8-13(18-21-10)17-11-4-5-15-12(9-11)14(20)16-6-7-19(2)3/h4-5,8-9H,6-7H2,1-3H3,(H,16,20)(H,15,17,18). The minimum Gasteiger partial charge on any atom is -0.360 e. The van der Waals surface area contributed by atoms with Crippen molar-refractivity contribution in [3.63, 3.8) is 0 Å². The van der Waals surface area contributed by atoms with E-state index in [0.29, 0.717) is 23.8 Å². The molecule has 0 aliphatic carbocycles. The molecule has 0 fully saturated rings. The van der Waals surface area contributed by atoms with Crippen LogP contribution in [0.1, 0.15) is 16.2 Å². The summed E-state index contributed by atoms with van der Waals surface area (Å²) >= 11 is 0. The van der Waals surface area contributed by atoms with Gasteiger partial charge in [0.15, 0.2) is 5.82 Å². The molecule has 0 saturated carbocycles. The minimum absolute atomic E-state index is 0.197. The highest BCUT2D eigenvalue weighted by molar-refractivity contribution is 5.93. The quantitative estimate of drug-likeness (QED) is 0.836. The SMILES string of the molecule is Cc1cc(Nc2ccnc(C(=O)NCCN(C)C)c2)no1. The predicted molar refractivity (Wildman–Crippen MR) is 79.6 cm³/mol. The van der Waals surface area contributed by atoms with Crippen molar-refractivity contribution in [3.8, 4) is 0 Å². The van der Waals surface area contributed by atoms with Crippen molar-refractivity contribution in [3.05, 3.63) is 35.9 Å². The van der Waals surface area contributed by atoms with E-state index in [9.17, 15) is 4.79 Å². The Morgan fingerprint density at radius 3 is 2.86 bits per heavy atom. The first-order valence-corrected chi connectivity index (χ1v) is 6.64. The molecule has 0 bridgehead atoms. The van der Waals surface area contributed by atoms with Crippen LogP contribution in [-0.2, 0) is 0 Å². The monoisotopic (exact) mass is 289 g/mol. The third-order valence-corrected chi connectivity index (χ3v) is 2.74. The molecule has 2 aromatic rings. The van der Waals surface area contributed by atoms with Gasteiger partial charge in [0.25, 0.3) is 5.91 Å². The van der Waals surface area contributed by atoms with Crippen LogP contribution >= 0.6 is 0 Å². The highest BCUT2D eigenvalue weighted by Crippen LogP contribution is 2.16. The molecule has 21 heavy (non-hydrogen) atoms. The van der Waals surface area contributed by atoms with E-state index in [-0.39, 0.29) is 5.91 Å². The Bertz CT molecular complexity index is 609. The number of aryl methyl sites for hydroxylation is 1. The van der Waals surface area contributed by atoms with Gasteiger partial charge in [-0.3, -0.25) is 9.78 Å². The van der Waals surface area contributed by atoms with Gasteiger partial charge in [0, 0.05) is 31.0 Å². The van der Waals surface area contributed by atoms with E-state index in [0.717, 1.165) is 12.2 Å². The second kappa shape index (κ2) is 6.85. The highest BCUT2D eigenvalue weighted by Gasteiger charge is 2.08. The number of hydrogen-bond donors (Lipinski definition) is 2. The number of hydrogen-bond acceptors (Lipinski definition) is 6. The number of likely N-dealkylation sites (N-methyl/N-ethyl adjacent to an activating group) is 1. The van der Waals surface area contributed by atoms with Crippen LogP contribution in [0.2, 0.25) is 0 Å². The molecule has 2 rings (SSSR count). The summed E-state index contributed by atoms with van der Waals surface area (Å²) < 4.78 is 4.98. The molecule has 0 radical (unpaired) electrons. The Morgan fingerprint density at radius 2 is 2.19 bits per heavy atom. The van der Waals surface area contributed by atoms with Crippen LogP contribution in [0.4, 0.5) is 11.5 Å². The first-order chi connectivity index (χ1) is 10.0. The largest absolute Gasteiger partial charge is 0.360 e. The van der Waals surface area contributed by atoms with E-state index in [4.69, 9.17) is 4.52 Å². The summed E-state index contributed by atoms with van der Waals surface area (Å²) in [5, 5.41) is 9.72. The molecule has 0 spiro atoms. The fourth-order valence-corrected chi connectivity index (χ4v) is 1.69. The van der Waals surface area contributed by atoms with Crippen molar-refractivity contribution in [2.45, 2.75) is 6.92 Å². The summed E-state index contributed by atoms with van der Waals surface area (Å²) in [5.74, 6) is 1.11. The zero-order valence-corrected chi connectivity index (χ0v) is 12.4. The van der Waals surface area contributed by atoms with Gasteiger partial charge < -0.3 is 20.1 Å². The first-order valence-electron chi connectivity index (χ1n) is 6.64. The number of nitrogens with one attached hydrogen (secondary N) is 2. The zero-order valence-electron chi connectivity index (χ0n) is 12.4. The van der Waals surface area contributed by atoms with Crippen molar-refractivity contribution in [1.82, 2.24) is 20.4 Å². The Kier molecular flexibility index (Phi) is 4.89. The van der Waals surface area contributed by atoms with E-state index >= 15 is 0 Å². The lowest BCUT2D eigenvalue weighted by atomic mass is 10.3. The second-order valence-corrected chi connectivity index (χ2v) is 4.94. The lowest BCUT2D eigenvalue weighted by Gasteiger charge is -2.10.